The predicted molar refractivity (Wildman–Crippen MR) is 69.9 cm³/mol. The summed E-state index contributed by atoms with van der Waals surface area (Å²) in [7, 11) is -7.77. The average molecular weight is 317 g/mol. The zero-order chi connectivity index (χ0) is 15.1. The molecule has 1 fully saturated rings. The molecule has 1 aliphatic heterocycles. The van der Waals surface area contributed by atoms with Gasteiger partial charge in [-0.2, -0.15) is 0 Å². The summed E-state index contributed by atoms with van der Waals surface area (Å²) >= 11 is 0. The van der Waals surface area contributed by atoms with Crippen molar-refractivity contribution in [2.75, 3.05) is 25.0 Å². The molecular formula is C11H16F5N3S. The fourth-order valence-electron chi connectivity index (χ4n) is 2.19. The molecule has 0 unspecified atom stereocenters. The Bertz CT molecular complexity index is 478. The van der Waals surface area contributed by atoms with E-state index in [0.717, 1.165) is 18.9 Å². The van der Waals surface area contributed by atoms with Crippen LogP contribution in [-0.4, -0.2) is 31.2 Å². The average Bonchev–Trinajstić information content (AvgIpc) is 2.36. The zero-order valence-electron chi connectivity index (χ0n) is 10.8. The van der Waals surface area contributed by atoms with Gasteiger partial charge in [-0.05, 0) is 32.0 Å². The molecule has 2 rings (SSSR count). The van der Waals surface area contributed by atoms with E-state index in [1.165, 1.54) is 0 Å². The van der Waals surface area contributed by atoms with Gasteiger partial charge in [0, 0.05) is 19.1 Å². The Morgan fingerprint density at radius 3 is 2.15 bits per heavy atom. The maximum absolute atomic E-state index is 12.6. The summed E-state index contributed by atoms with van der Waals surface area (Å²) in [6.07, 6.45) is 1.89. The molecule has 3 nitrogen and oxygen atoms in total. The highest BCUT2D eigenvalue weighted by Gasteiger charge is 2.65. The Balaban J connectivity index is 2.15. The number of rotatable bonds is 3. The molecule has 1 aromatic heterocycles. The van der Waals surface area contributed by atoms with Crippen molar-refractivity contribution in [2.45, 2.75) is 23.8 Å². The molecule has 0 bridgehead atoms. The summed E-state index contributed by atoms with van der Waals surface area (Å²) in [6, 6.07) is 1.79. The van der Waals surface area contributed by atoms with Crippen LogP contribution >= 0.6 is 10.2 Å². The molecule has 1 aliphatic rings. The number of hydrogen-bond acceptors (Lipinski definition) is 3. The monoisotopic (exact) mass is 317 g/mol. The number of aromatic nitrogens is 1. The Morgan fingerprint density at radius 1 is 1.15 bits per heavy atom. The summed E-state index contributed by atoms with van der Waals surface area (Å²) in [5.74, 6) is 0.296. The van der Waals surface area contributed by atoms with E-state index in [9.17, 15) is 19.4 Å². The Morgan fingerprint density at radius 2 is 1.75 bits per heavy atom. The van der Waals surface area contributed by atoms with Crippen molar-refractivity contribution in [3.8, 4) is 0 Å². The molecule has 20 heavy (non-hydrogen) atoms. The third kappa shape index (κ3) is 3.51. The van der Waals surface area contributed by atoms with Gasteiger partial charge in [-0.1, -0.05) is 19.4 Å². The van der Waals surface area contributed by atoms with Crippen molar-refractivity contribution in [2.24, 2.45) is 0 Å². The second-order valence-corrected chi connectivity index (χ2v) is 7.28. The highest BCUT2D eigenvalue weighted by molar-refractivity contribution is 8.45. The summed E-state index contributed by atoms with van der Waals surface area (Å²) in [5.41, 5.74) is 0. The van der Waals surface area contributed by atoms with Crippen molar-refractivity contribution in [1.82, 2.24) is 10.3 Å². The van der Waals surface area contributed by atoms with Crippen LogP contribution in [0.2, 0.25) is 0 Å². The summed E-state index contributed by atoms with van der Waals surface area (Å²) in [5, 5.41) is 3.12. The number of anilines is 1. The summed E-state index contributed by atoms with van der Waals surface area (Å²) < 4.78 is 62.8. The van der Waals surface area contributed by atoms with E-state index in [1.54, 1.807) is 4.90 Å². The summed E-state index contributed by atoms with van der Waals surface area (Å²) in [6.45, 7) is 1.27. The maximum Gasteiger partial charge on any atom is 0.311 e. The van der Waals surface area contributed by atoms with Crippen LogP contribution in [0, 0.1) is 0 Å². The number of halogens is 5. The molecule has 0 aromatic carbocycles. The zero-order valence-corrected chi connectivity index (χ0v) is 11.6. The lowest BCUT2D eigenvalue weighted by atomic mass is 10.1. The van der Waals surface area contributed by atoms with Gasteiger partial charge in [0.05, 0.1) is 6.20 Å². The molecule has 0 saturated carbocycles. The number of nitrogens with one attached hydrogen (secondary N) is 1. The fourth-order valence-corrected chi connectivity index (χ4v) is 2.76. The molecule has 9 heteroatoms. The standard InChI is InChI=1S/C11H16F5N3S/c1-17-9-4-6-19(7-5-9)11-3-2-10(8-18-11)20(12,13,14,15)16/h2-3,8-9,17H,4-7H2,1H3. The molecule has 1 aromatic rings. The lowest BCUT2D eigenvalue weighted by molar-refractivity contribution is 0.363. The van der Waals surface area contributed by atoms with Crippen molar-refractivity contribution in [1.29, 1.82) is 0 Å². The third-order valence-corrected chi connectivity index (χ3v) is 4.53. The van der Waals surface area contributed by atoms with Gasteiger partial charge in [-0.3, -0.25) is 0 Å². The van der Waals surface area contributed by atoms with E-state index in [0.29, 0.717) is 31.0 Å². The summed E-state index contributed by atoms with van der Waals surface area (Å²) in [4.78, 5) is 3.39. The van der Waals surface area contributed by atoms with Crippen molar-refractivity contribution in [3.05, 3.63) is 18.3 Å². The van der Waals surface area contributed by atoms with Gasteiger partial charge >= 0.3 is 10.2 Å². The Labute approximate surface area is 113 Å². The Hall–Kier alpha value is -1.09. The van der Waals surface area contributed by atoms with Crippen LogP contribution in [0.5, 0.6) is 0 Å². The highest BCUT2D eigenvalue weighted by atomic mass is 32.5. The molecule has 1 N–H and O–H groups in total. The largest absolute Gasteiger partial charge is 0.357 e. The molecule has 0 spiro atoms. The molecule has 2 heterocycles. The maximum atomic E-state index is 12.6. The van der Waals surface area contributed by atoms with Crippen LogP contribution in [0.1, 0.15) is 12.8 Å². The van der Waals surface area contributed by atoms with E-state index < -0.39 is 15.1 Å². The first-order valence-electron chi connectivity index (χ1n) is 6.12. The minimum Gasteiger partial charge on any atom is -0.357 e. The molecule has 1 saturated heterocycles. The van der Waals surface area contributed by atoms with Crippen LogP contribution < -0.4 is 10.2 Å². The normalized spacial score (nSPS) is 21.4. The first kappa shape index (κ1) is 15.3. The van der Waals surface area contributed by atoms with Gasteiger partial charge in [0.1, 0.15) is 10.7 Å². The first-order valence-corrected chi connectivity index (χ1v) is 8.07. The van der Waals surface area contributed by atoms with Crippen LogP contribution in [0.4, 0.5) is 25.2 Å². The quantitative estimate of drug-likeness (QED) is 0.856. The van der Waals surface area contributed by atoms with E-state index in [-0.39, 0.29) is 6.20 Å². The lowest BCUT2D eigenvalue weighted by Gasteiger charge is -2.40. The van der Waals surface area contributed by atoms with E-state index >= 15 is 0 Å². The molecule has 0 aliphatic carbocycles. The lowest BCUT2D eigenvalue weighted by Crippen LogP contribution is -2.41. The van der Waals surface area contributed by atoms with E-state index in [1.807, 2.05) is 7.05 Å². The van der Waals surface area contributed by atoms with Crippen molar-refractivity contribution >= 4 is 16.0 Å². The molecule has 0 radical (unpaired) electrons. The van der Waals surface area contributed by atoms with Crippen LogP contribution in [0.3, 0.4) is 0 Å². The van der Waals surface area contributed by atoms with Crippen molar-refractivity contribution in [3.63, 3.8) is 0 Å². The van der Waals surface area contributed by atoms with Gasteiger partial charge in [0.25, 0.3) is 0 Å². The third-order valence-electron chi connectivity index (χ3n) is 3.39. The highest BCUT2D eigenvalue weighted by Crippen LogP contribution is 3.02. The van der Waals surface area contributed by atoms with Gasteiger partial charge in [-0.15, -0.1) is 0 Å². The van der Waals surface area contributed by atoms with Crippen LogP contribution in [0.15, 0.2) is 23.2 Å². The molecule has 0 amide bonds. The number of hydrogen-bond donors (Lipinski definition) is 1. The minimum atomic E-state index is -9.62. The van der Waals surface area contributed by atoms with E-state index in [4.69, 9.17) is 0 Å². The molecular weight excluding hydrogens is 301 g/mol. The van der Waals surface area contributed by atoms with Gasteiger partial charge in [-0.25, -0.2) is 4.98 Å². The van der Waals surface area contributed by atoms with Crippen LogP contribution in [-0.2, 0) is 0 Å². The van der Waals surface area contributed by atoms with Gasteiger partial charge < -0.3 is 10.2 Å². The van der Waals surface area contributed by atoms with Crippen LogP contribution in [0.25, 0.3) is 0 Å². The number of pyridine rings is 1. The van der Waals surface area contributed by atoms with Crippen molar-refractivity contribution < 1.29 is 19.4 Å². The second-order valence-electron chi connectivity index (χ2n) is 4.87. The fraction of sp³-hybridized carbons (Fsp3) is 0.545. The number of nitrogens with zero attached hydrogens (tertiary/aromatic N) is 2. The second kappa shape index (κ2) is 4.20. The molecule has 116 valence electrons. The van der Waals surface area contributed by atoms with Gasteiger partial charge in [0.15, 0.2) is 0 Å². The topological polar surface area (TPSA) is 28.2 Å². The van der Waals surface area contributed by atoms with Gasteiger partial charge in [0.2, 0.25) is 0 Å². The number of piperidine rings is 1. The molecule has 0 atom stereocenters. The minimum absolute atomic E-state index is 0.223. The van der Waals surface area contributed by atoms with E-state index in [2.05, 4.69) is 10.3 Å². The first-order chi connectivity index (χ1) is 8.99. The SMILES string of the molecule is CNC1CCN(c2ccc(S(F)(F)(F)(F)F)cn2)CC1. The predicted octanol–water partition coefficient (Wildman–Crippen LogP) is 3.93. The Kier molecular flexibility index (Phi) is 3.22. The smallest absolute Gasteiger partial charge is 0.311 e.